The number of hydrogen-bond donors (Lipinski definition) is 0. The van der Waals surface area contributed by atoms with Crippen LogP contribution in [0.25, 0.3) is 6.08 Å². The third kappa shape index (κ3) is 16.7. The van der Waals surface area contributed by atoms with E-state index in [9.17, 15) is 19.2 Å². The number of benzene rings is 2. The zero-order valence-corrected chi connectivity index (χ0v) is 28.2. The second-order valence-electron chi connectivity index (χ2n) is 11.7. The SMILES string of the molecule is C=CC(=O)OCCCCCCOc1ccc(/C=C/C(=O)Oc2ccc(OCCCCOC(=O)C(=C)CC(=O)OC3CCCCC3)cc2)cc1. The van der Waals surface area contributed by atoms with Crippen LogP contribution in [0.1, 0.15) is 82.6 Å². The molecule has 0 radical (unpaired) electrons. The summed E-state index contributed by atoms with van der Waals surface area (Å²) >= 11 is 0. The van der Waals surface area contributed by atoms with Gasteiger partial charge in [-0.2, -0.15) is 0 Å². The van der Waals surface area contributed by atoms with E-state index in [1.807, 2.05) is 24.3 Å². The maximum Gasteiger partial charge on any atom is 0.336 e. The molecule has 2 aromatic carbocycles. The number of ether oxygens (including phenoxy) is 6. The van der Waals surface area contributed by atoms with Crippen LogP contribution in [-0.2, 0) is 33.4 Å². The molecule has 0 heterocycles. The first-order valence-corrected chi connectivity index (χ1v) is 17.0. The Morgan fingerprint density at radius 1 is 0.673 bits per heavy atom. The molecule has 1 aliphatic rings. The van der Waals surface area contributed by atoms with Crippen LogP contribution in [0.15, 0.2) is 79.4 Å². The van der Waals surface area contributed by atoms with Crippen LogP contribution in [-0.4, -0.2) is 56.4 Å². The number of hydrogen-bond acceptors (Lipinski definition) is 10. The molecule has 1 saturated carbocycles. The third-order valence-electron chi connectivity index (χ3n) is 7.59. The van der Waals surface area contributed by atoms with Crippen molar-refractivity contribution >= 4 is 30.0 Å². The molecule has 264 valence electrons. The van der Waals surface area contributed by atoms with E-state index in [2.05, 4.69) is 13.2 Å². The highest BCUT2D eigenvalue weighted by Crippen LogP contribution is 2.22. The zero-order valence-electron chi connectivity index (χ0n) is 28.2. The summed E-state index contributed by atoms with van der Waals surface area (Å²) in [6.45, 7) is 8.63. The number of rotatable bonds is 22. The van der Waals surface area contributed by atoms with Gasteiger partial charge in [0.1, 0.15) is 23.4 Å². The zero-order chi connectivity index (χ0) is 35.1. The molecule has 0 bridgehead atoms. The summed E-state index contributed by atoms with van der Waals surface area (Å²) in [4.78, 5) is 47.5. The average Bonchev–Trinajstić information content (AvgIpc) is 3.11. The van der Waals surface area contributed by atoms with Crippen LogP contribution in [0.5, 0.6) is 17.2 Å². The monoisotopic (exact) mass is 676 g/mol. The van der Waals surface area contributed by atoms with E-state index in [0.29, 0.717) is 44.2 Å². The lowest BCUT2D eigenvalue weighted by Crippen LogP contribution is -2.22. The lowest BCUT2D eigenvalue weighted by atomic mass is 9.98. The van der Waals surface area contributed by atoms with Crippen molar-refractivity contribution in [2.45, 2.75) is 83.2 Å². The van der Waals surface area contributed by atoms with Crippen LogP contribution >= 0.6 is 0 Å². The molecule has 1 fully saturated rings. The van der Waals surface area contributed by atoms with Crippen LogP contribution in [0.2, 0.25) is 0 Å². The number of unbranched alkanes of at least 4 members (excludes halogenated alkanes) is 4. The minimum atomic E-state index is -0.591. The van der Waals surface area contributed by atoms with Gasteiger partial charge in [0.15, 0.2) is 0 Å². The van der Waals surface area contributed by atoms with Gasteiger partial charge >= 0.3 is 23.9 Å². The van der Waals surface area contributed by atoms with Crippen molar-refractivity contribution in [2.24, 2.45) is 0 Å². The molecular weight excluding hydrogens is 628 g/mol. The summed E-state index contributed by atoms with van der Waals surface area (Å²) in [6.07, 6.45) is 13.9. The van der Waals surface area contributed by atoms with Crippen LogP contribution in [0, 0.1) is 0 Å². The molecule has 0 atom stereocenters. The lowest BCUT2D eigenvalue weighted by molar-refractivity contribution is -0.151. The summed E-state index contributed by atoms with van der Waals surface area (Å²) < 4.78 is 32.5. The molecule has 49 heavy (non-hydrogen) atoms. The first-order chi connectivity index (χ1) is 23.8. The second kappa shape index (κ2) is 22.7. The predicted molar refractivity (Wildman–Crippen MR) is 185 cm³/mol. The normalized spacial score (nSPS) is 12.9. The lowest BCUT2D eigenvalue weighted by Gasteiger charge is -2.21. The summed E-state index contributed by atoms with van der Waals surface area (Å²) in [5.41, 5.74) is 0.923. The summed E-state index contributed by atoms with van der Waals surface area (Å²) in [5.74, 6) is -0.176. The van der Waals surface area contributed by atoms with Crippen molar-refractivity contribution in [1.82, 2.24) is 0 Å². The average molecular weight is 677 g/mol. The van der Waals surface area contributed by atoms with Crippen molar-refractivity contribution in [3.63, 3.8) is 0 Å². The molecule has 2 aromatic rings. The predicted octanol–water partition coefficient (Wildman–Crippen LogP) is 7.50. The number of carbonyl (C=O) groups excluding carboxylic acids is 4. The van der Waals surface area contributed by atoms with E-state index in [0.717, 1.165) is 68.8 Å². The Kier molecular flexibility index (Phi) is 17.8. The molecule has 0 aromatic heterocycles. The Morgan fingerprint density at radius 2 is 1.22 bits per heavy atom. The van der Waals surface area contributed by atoms with Gasteiger partial charge in [-0.25, -0.2) is 14.4 Å². The maximum absolute atomic E-state index is 12.3. The van der Waals surface area contributed by atoms with Crippen molar-refractivity contribution in [2.75, 3.05) is 26.4 Å². The minimum absolute atomic E-state index is 0.0566. The van der Waals surface area contributed by atoms with Crippen LogP contribution in [0.3, 0.4) is 0 Å². The Balaban J connectivity index is 1.22. The summed E-state index contributed by atoms with van der Waals surface area (Å²) in [7, 11) is 0. The molecule has 0 N–H and O–H groups in total. The van der Waals surface area contributed by atoms with E-state index >= 15 is 0 Å². The molecule has 0 unspecified atom stereocenters. The fraction of sp³-hybridized carbons (Fsp3) is 0.436. The van der Waals surface area contributed by atoms with Gasteiger partial charge in [0.05, 0.1) is 32.8 Å². The molecule has 10 heteroatoms. The molecule has 0 saturated heterocycles. The summed E-state index contributed by atoms with van der Waals surface area (Å²) in [6, 6.07) is 14.1. The van der Waals surface area contributed by atoms with E-state index in [1.165, 1.54) is 12.5 Å². The Bertz CT molecular complexity index is 1370. The number of esters is 4. The standard InChI is InChI=1S/C39H48O10/c1-3-36(40)46-27-10-5-4-9-25-44-32-18-15-31(16-19-32)17-24-37(41)48-35-22-20-33(21-23-35)45-26-11-12-28-47-39(43)30(2)29-38(42)49-34-13-7-6-8-14-34/h3,15-24,34H,1-2,4-14,25-29H2/b24-17+. The fourth-order valence-electron chi connectivity index (χ4n) is 4.89. The van der Waals surface area contributed by atoms with Gasteiger partial charge in [0.25, 0.3) is 0 Å². The molecule has 3 rings (SSSR count). The Labute approximate surface area is 289 Å². The van der Waals surface area contributed by atoms with Gasteiger partial charge in [0.2, 0.25) is 0 Å². The van der Waals surface area contributed by atoms with Gasteiger partial charge < -0.3 is 28.4 Å². The van der Waals surface area contributed by atoms with Gasteiger partial charge in [-0.15, -0.1) is 0 Å². The minimum Gasteiger partial charge on any atom is -0.494 e. The molecular formula is C39H48O10. The van der Waals surface area contributed by atoms with E-state index in [-0.39, 0.29) is 24.7 Å². The van der Waals surface area contributed by atoms with Crippen molar-refractivity contribution in [3.8, 4) is 17.2 Å². The van der Waals surface area contributed by atoms with Gasteiger partial charge in [-0.05, 0) is 112 Å². The van der Waals surface area contributed by atoms with Crippen LogP contribution in [0.4, 0.5) is 0 Å². The Morgan fingerprint density at radius 3 is 1.88 bits per heavy atom. The van der Waals surface area contributed by atoms with E-state index in [4.69, 9.17) is 28.4 Å². The molecule has 0 amide bonds. The van der Waals surface area contributed by atoms with E-state index < -0.39 is 23.9 Å². The van der Waals surface area contributed by atoms with Crippen molar-refractivity contribution in [3.05, 3.63) is 85.0 Å². The van der Waals surface area contributed by atoms with Gasteiger partial charge in [-0.1, -0.05) is 31.7 Å². The Hall–Kier alpha value is -4.86. The first-order valence-electron chi connectivity index (χ1n) is 17.0. The third-order valence-corrected chi connectivity index (χ3v) is 7.59. The maximum atomic E-state index is 12.3. The van der Waals surface area contributed by atoms with E-state index in [1.54, 1.807) is 30.3 Å². The van der Waals surface area contributed by atoms with Crippen LogP contribution < -0.4 is 14.2 Å². The van der Waals surface area contributed by atoms with Gasteiger partial charge in [-0.3, -0.25) is 4.79 Å². The van der Waals surface area contributed by atoms with Crippen molar-refractivity contribution < 1.29 is 47.6 Å². The first kappa shape index (κ1) is 38.6. The quantitative estimate of drug-likeness (QED) is 0.0407. The molecule has 10 nitrogen and oxygen atoms in total. The number of carbonyl (C=O) groups is 4. The fourth-order valence-corrected chi connectivity index (χ4v) is 4.89. The summed E-state index contributed by atoms with van der Waals surface area (Å²) in [5, 5.41) is 0. The highest BCUT2D eigenvalue weighted by Gasteiger charge is 2.20. The molecule has 0 spiro atoms. The molecule has 1 aliphatic carbocycles. The highest BCUT2D eigenvalue weighted by molar-refractivity contribution is 5.93. The van der Waals surface area contributed by atoms with Crippen molar-refractivity contribution in [1.29, 1.82) is 0 Å². The highest BCUT2D eigenvalue weighted by atomic mass is 16.6. The second-order valence-corrected chi connectivity index (χ2v) is 11.7. The smallest absolute Gasteiger partial charge is 0.336 e. The van der Waals surface area contributed by atoms with Gasteiger partial charge in [0, 0.05) is 17.7 Å². The topological polar surface area (TPSA) is 124 Å². The molecule has 0 aliphatic heterocycles. The largest absolute Gasteiger partial charge is 0.494 e.